The number of fused-ring (bicyclic) bond motifs is 1. The molecule has 1 aromatic heterocycles. The lowest BCUT2D eigenvalue weighted by Crippen LogP contribution is -2.44. The van der Waals surface area contributed by atoms with Crippen molar-refractivity contribution in [1.82, 2.24) is 15.3 Å². The normalized spacial score (nSPS) is 12.7. The number of ether oxygens (including phenoxy) is 4. The zero-order valence-electron chi connectivity index (χ0n) is 27.3. The summed E-state index contributed by atoms with van der Waals surface area (Å²) >= 11 is 17.9. The van der Waals surface area contributed by atoms with E-state index in [1.54, 1.807) is 12.1 Å². The number of carbonyl (C=O) groups is 3. The fourth-order valence-corrected chi connectivity index (χ4v) is 5.98. The van der Waals surface area contributed by atoms with E-state index in [-0.39, 0.29) is 48.4 Å². The summed E-state index contributed by atoms with van der Waals surface area (Å²) in [6.07, 6.45) is -0.330. The van der Waals surface area contributed by atoms with Crippen molar-refractivity contribution >= 4 is 63.4 Å². The summed E-state index contributed by atoms with van der Waals surface area (Å²) in [6, 6.07) is 5.76. The van der Waals surface area contributed by atoms with Crippen molar-refractivity contribution in [3.63, 3.8) is 0 Å². The van der Waals surface area contributed by atoms with Crippen molar-refractivity contribution in [3.8, 4) is 28.6 Å². The molecule has 1 heterocycles. The molecule has 2 N–H and O–H groups in total. The van der Waals surface area contributed by atoms with E-state index in [2.05, 4.69) is 15.3 Å². The van der Waals surface area contributed by atoms with Crippen LogP contribution in [0.1, 0.15) is 44.2 Å². The Morgan fingerprint density at radius 1 is 0.979 bits per heavy atom. The van der Waals surface area contributed by atoms with Gasteiger partial charge in [-0.25, -0.2) is 9.78 Å². The van der Waals surface area contributed by atoms with E-state index in [4.69, 9.17) is 53.8 Å². The van der Waals surface area contributed by atoms with Gasteiger partial charge in [-0.3, -0.25) is 14.4 Å². The summed E-state index contributed by atoms with van der Waals surface area (Å²) < 4.78 is 22.4. The van der Waals surface area contributed by atoms with Gasteiger partial charge in [-0.15, -0.1) is 34.8 Å². The second kappa shape index (κ2) is 17.0. The molecule has 256 valence electrons. The lowest BCUT2D eigenvalue weighted by molar-refractivity contribution is -0.151. The zero-order valence-corrected chi connectivity index (χ0v) is 29.5. The molecule has 0 bridgehead atoms. The number of hydrogen-bond acceptors (Lipinski definition) is 9. The maximum absolute atomic E-state index is 13.1. The van der Waals surface area contributed by atoms with Crippen LogP contribution >= 0.6 is 34.8 Å². The number of alkyl halides is 3. The van der Waals surface area contributed by atoms with Crippen LogP contribution in [0.2, 0.25) is 0 Å². The Bertz CT molecular complexity index is 1630. The SMILES string of the molecule is CCC(CC(=O)CC(NC(C)=O)C(=O)OCC(CCl)(CCl)CCl)Oc1c(C)cc(-c2nc3cc(OC)cc(OC)c3c(=O)[nH]2)cc1C. The molecule has 11 nitrogen and oxygen atoms in total. The molecule has 2 aromatic carbocycles. The Balaban J connectivity index is 1.78. The highest BCUT2D eigenvalue weighted by Gasteiger charge is 2.32. The summed E-state index contributed by atoms with van der Waals surface area (Å²) in [5.74, 6) is 0.394. The molecule has 0 fully saturated rings. The number of aromatic nitrogens is 2. The quantitative estimate of drug-likeness (QED) is 0.137. The molecular weight excluding hydrogens is 673 g/mol. The topological polar surface area (TPSA) is 146 Å². The smallest absolute Gasteiger partial charge is 0.329 e. The number of benzene rings is 2. The molecule has 0 spiro atoms. The first-order chi connectivity index (χ1) is 22.3. The number of halogens is 3. The van der Waals surface area contributed by atoms with E-state index in [1.165, 1.54) is 21.1 Å². The fourth-order valence-electron chi connectivity index (χ4n) is 4.89. The van der Waals surface area contributed by atoms with E-state index >= 15 is 0 Å². The van der Waals surface area contributed by atoms with Crippen LogP contribution in [0, 0.1) is 19.3 Å². The van der Waals surface area contributed by atoms with Gasteiger partial charge in [0.05, 0.1) is 19.7 Å². The number of aryl methyl sites for hydroxylation is 2. The maximum atomic E-state index is 13.1. The van der Waals surface area contributed by atoms with E-state index < -0.39 is 29.4 Å². The predicted molar refractivity (Wildman–Crippen MR) is 182 cm³/mol. The largest absolute Gasteiger partial charge is 0.497 e. The molecular formula is C33H40Cl3N3O8. The zero-order chi connectivity index (χ0) is 34.9. The summed E-state index contributed by atoms with van der Waals surface area (Å²) in [4.78, 5) is 58.4. The Hall–Kier alpha value is -3.54. The van der Waals surface area contributed by atoms with E-state index in [0.29, 0.717) is 46.0 Å². The molecule has 2 unspecified atom stereocenters. The van der Waals surface area contributed by atoms with E-state index in [1.807, 2.05) is 32.9 Å². The van der Waals surface area contributed by atoms with Gasteiger partial charge in [0.1, 0.15) is 53.0 Å². The first-order valence-corrected chi connectivity index (χ1v) is 16.5. The molecule has 0 aliphatic carbocycles. The number of carbonyl (C=O) groups excluding carboxylic acids is 3. The summed E-state index contributed by atoms with van der Waals surface area (Å²) in [5.41, 5.74) is 1.41. The van der Waals surface area contributed by atoms with Crippen molar-refractivity contribution in [2.45, 2.75) is 59.1 Å². The van der Waals surface area contributed by atoms with Crippen LogP contribution in [0.3, 0.4) is 0 Å². The molecule has 0 saturated carbocycles. The van der Waals surface area contributed by atoms with Gasteiger partial charge >= 0.3 is 5.97 Å². The number of esters is 1. The first kappa shape index (κ1) is 37.9. The minimum atomic E-state index is -1.20. The van der Waals surface area contributed by atoms with Crippen LogP contribution < -0.4 is 25.1 Å². The van der Waals surface area contributed by atoms with Gasteiger partial charge in [0, 0.05) is 60.5 Å². The average molecular weight is 713 g/mol. The van der Waals surface area contributed by atoms with Crippen LogP contribution in [-0.2, 0) is 19.1 Å². The number of nitrogens with one attached hydrogen (secondary N) is 2. The van der Waals surface area contributed by atoms with Crippen LogP contribution in [0.25, 0.3) is 22.3 Å². The second-order valence-electron chi connectivity index (χ2n) is 11.4. The number of Topliss-reactive ketones (excluding diaryl/α,β-unsaturated/α-hetero) is 1. The summed E-state index contributed by atoms with van der Waals surface area (Å²) in [6.45, 7) is 6.68. The van der Waals surface area contributed by atoms with Gasteiger partial charge in [-0.2, -0.15) is 0 Å². The van der Waals surface area contributed by atoms with Gasteiger partial charge in [0.25, 0.3) is 5.56 Å². The molecule has 0 saturated heterocycles. The number of H-pyrrole nitrogens is 1. The average Bonchev–Trinajstić information content (AvgIpc) is 3.05. The molecule has 47 heavy (non-hydrogen) atoms. The van der Waals surface area contributed by atoms with Gasteiger partial charge < -0.3 is 29.2 Å². The third kappa shape index (κ3) is 9.52. The predicted octanol–water partition coefficient (Wildman–Crippen LogP) is 5.48. The molecule has 0 aliphatic rings. The number of methoxy groups -OCH3 is 2. The lowest BCUT2D eigenvalue weighted by Gasteiger charge is -2.27. The van der Waals surface area contributed by atoms with Gasteiger partial charge in [-0.05, 0) is 43.5 Å². The maximum Gasteiger partial charge on any atom is 0.329 e. The van der Waals surface area contributed by atoms with Crippen LogP contribution in [0.4, 0.5) is 0 Å². The number of hydrogen-bond donors (Lipinski definition) is 2. The van der Waals surface area contributed by atoms with Crippen LogP contribution in [0.5, 0.6) is 17.2 Å². The third-order valence-corrected chi connectivity index (χ3v) is 9.30. The van der Waals surface area contributed by atoms with Crippen LogP contribution in [-0.4, -0.2) is 78.2 Å². The molecule has 3 rings (SSSR count). The number of nitrogens with zero attached hydrogens (tertiary/aromatic N) is 1. The summed E-state index contributed by atoms with van der Waals surface area (Å²) in [5, 5.41) is 2.80. The Morgan fingerprint density at radius 2 is 1.62 bits per heavy atom. The molecule has 2 atom stereocenters. The third-order valence-electron chi connectivity index (χ3n) is 7.60. The van der Waals surface area contributed by atoms with Crippen molar-refractivity contribution in [2.75, 3.05) is 38.5 Å². The number of rotatable bonds is 17. The monoisotopic (exact) mass is 711 g/mol. The highest BCUT2D eigenvalue weighted by Crippen LogP contribution is 2.33. The highest BCUT2D eigenvalue weighted by molar-refractivity contribution is 6.24. The Labute approximate surface area is 288 Å². The van der Waals surface area contributed by atoms with E-state index in [9.17, 15) is 19.2 Å². The highest BCUT2D eigenvalue weighted by atomic mass is 35.5. The van der Waals surface area contributed by atoms with Gasteiger partial charge in [-0.1, -0.05) is 6.92 Å². The molecule has 14 heteroatoms. The standard InChI is InChI=1S/C33H40Cl3N3O8/c1-7-23(10-22(41)11-26(37-20(4)40)32(43)46-17-33(14-34,15-35)16-36)47-29-18(2)8-21(9-19(29)3)30-38-25-12-24(44-5)13-27(45-6)28(25)31(42)39-30/h8-9,12-13,23,26H,7,10-11,14-17H2,1-6H3,(H,37,40)(H,38,39,42). The van der Waals surface area contributed by atoms with Crippen LogP contribution in [0.15, 0.2) is 29.1 Å². The fraction of sp³-hybridized carbons (Fsp3) is 0.485. The minimum absolute atomic E-state index is 0.0152. The lowest BCUT2D eigenvalue weighted by atomic mass is 9.97. The van der Waals surface area contributed by atoms with Crippen molar-refractivity contribution < 1.29 is 33.3 Å². The molecule has 1 amide bonds. The first-order valence-electron chi connectivity index (χ1n) is 14.9. The molecule has 0 radical (unpaired) electrons. The van der Waals surface area contributed by atoms with Crippen molar-refractivity contribution in [2.24, 2.45) is 5.41 Å². The number of aromatic amines is 1. The van der Waals surface area contributed by atoms with Gasteiger partial charge in [0.2, 0.25) is 5.91 Å². The van der Waals surface area contributed by atoms with Gasteiger partial charge in [0.15, 0.2) is 0 Å². The molecule has 3 aromatic rings. The summed E-state index contributed by atoms with van der Waals surface area (Å²) in [7, 11) is 2.99. The molecule has 0 aliphatic heterocycles. The van der Waals surface area contributed by atoms with Crippen molar-refractivity contribution in [1.29, 1.82) is 0 Å². The number of amides is 1. The Kier molecular flexibility index (Phi) is 13.7. The number of ketones is 1. The Morgan fingerprint density at radius 3 is 2.15 bits per heavy atom. The van der Waals surface area contributed by atoms with E-state index in [0.717, 1.165) is 11.1 Å². The second-order valence-corrected chi connectivity index (χ2v) is 12.2. The van der Waals surface area contributed by atoms with Crippen molar-refractivity contribution in [3.05, 3.63) is 45.7 Å². The minimum Gasteiger partial charge on any atom is -0.497 e.